The highest BCUT2D eigenvalue weighted by molar-refractivity contribution is 6.42. The van der Waals surface area contributed by atoms with Gasteiger partial charge in [-0.25, -0.2) is 0 Å². The summed E-state index contributed by atoms with van der Waals surface area (Å²) >= 11 is 12.1. The summed E-state index contributed by atoms with van der Waals surface area (Å²) in [5, 5.41) is 4.93. The Bertz CT molecular complexity index is 388. The van der Waals surface area contributed by atoms with Gasteiger partial charge in [0.15, 0.2) is 0 Å². The topological polar surface area (TPSA) is 12.0 Å². The Hall–Kier alpha value is -0.240. The van der Waals surface area contributed by atoms with Crippen LogP contribution >= 0.6 is 23.2 Å². The minimum absolute atomic E-state index is 0.421. The third-order valence-corrected chi connectivity index (χ3v) is 4.52. The van der Waals surface area contributed by atoms with Gasteiger partial charge in [0, 0.05) is 6.04 Å². The van der Waals surface area contributed by atoms with Crippen molar-refractivity contribution in [1.29, 1.82) is 0 Å². The van der Waals surface area contributed by atoms with Gasteiger partial charge in [-0.2, -0.15) is 0 Å². The Morgan fingerprint density at radius 2 is 2.06 bits per heavy atom. The molecule has 1 saturated carbocycles. The lowest BCUT2D eigenvalue weighted by Crippen LogP contribution is -2.26. The zero-order valence-corrected chi connectivity index (χ0v) is 12.4. The van der Waals surface area contributed by atoms with E-state index in [2.05, 4.69) is 18.3 Å². The maximum absolute atomic E-state index is 6.12. The smallest absolute Gasteiger partial charge is 0.0595 e. The molecule has 0 aliphatic heterocycles. The van der Waals surface area contributed by atoms with E-state index in [0.717, 1.165) is 18.9 Å². The first-order chi connectivity index (χ1) is 8.70. The molecule has 1 aliphatic rings. The van der Waals surface area contributed by atoms with Crippen molar-refractivity contribution in [1.82, 2.24) is 5.32 Å². The highest BCUT2D eigenvalue weighted by Gasteiger charge is 2.23. The summed E-state index contributed by atoms with van der Waals surface area (Å²) in [6.07, 6.45) is 6.53. The van der Waals surface area contributed by atoms with Crippen molar-refractivity contribution in [3.8, 4) is 0 Å². The Morgan fingerprint density at radius 3 is 2.61 bits per heavy atom. The maximum Gasteiger partial charge on any atom is 0.0595 e. The summed E-state index contributed by atoms with van der Waals surface area (Å²) in [7, 11) is 0. The number of rotatable bonds is 6. The molecule has 0 heterocycles. The Kier molecular flexibility index (Phi) is 5.35. The van der Waals surface area contributed by atoms with Crippen LogP contribution in [0, 0.1) is 5.92 Å². The lowest BCUT2D eigenvalue weighted by atomic mass is 9.79. The van der Waals surface area contributed by atoms with Gasteiger partial charge in [0.1, 0.15) is 0 Å². The molecule has 1 fully saturated rings. The van der Waals surface area contributed by atoms with Crippen LogP contribution in [0.25, 0.3) is 0 Å². The van der Waals surface area contributed by atoms with E-state index in [4.69, 9.17) is 23.2 Å². The van der Waals surface area contributed by atoms with Crippen molar-refractivity contribution in [3.05, 3.63) is 33.8 Å². The zero-order valence-electron chi connectivity index (χ0n) is 10.9. The Labute approximate surface area is 120 Å². The first-order valence-electron chi connectivity index (χ1n) is 6.89. The molecule has 1 atom stereocenters. The van der Waals surface area contributed by atoms with E-state index in [-0.39, 0.29) is 0 Å². The molecule has 1 aliphatic carbocycles. The zero-order chi connectivity index (χ0) is 13.0. The molecule has 100 valence electrons. The van der Waals surface area contributed by atoms with E-state index in [1.165, 1.54) is 31.2 Å². The molecule has 3 heteroatoms. The number of benzene rings is 1. The average Bonchev–Trinajstić information content (AvgIpc) is 2.31. The molecule has 0 bridgehead atoms. The van der Waals surface area contributed by atoms with Gasteiger partial charge in [0.2, 0.25) is 0 Å². The van der Waals surface area contributed by atoms with E-state index in [0.29, 0.717) is 16.1 Å². The second-order valence-electron chi connectivity index (χ2n) is 5.21. The Morgan fingerprint density at radius 1 is 1.28 bits per heavy atom. The highest BCUT2D eigenvalue weighted by atomic mass is 35.5. The standard InChI is InChI=1S/C15H21Cl2N/c1-2-8-18-15(9-11-4-3-5-11)12-6-7-13(16)14(17)10-12/h6-7,10-11,15,18H,2-5,8-9H2,1H3. The normalized spacial score (nSPS) is 17.5. The Balaban J connectivity index is 2.07. The molecule has 18 heavy (non-hydrogen) atoms. The first kappa shape index (κ1) is 14.2. The number of hydrogen-bond donors (Lipinski definition) is 1. The summed E-state index contributed by atoms with van der Waals surface area (Å²) in [5.74, 6) is 0.883. The fourth-order valence-corrected chi connectivity index (χ4v) is 2.75. The van der Waals surface area contributed by atoms with Crippen LogP contribution < -0.4 is 5.32 Å². The van der Waals surface area contributed by atoms with Crippen LogP contribution in [0.3, 0.4) is 0 Å². The summed E-state index contributed by atoms with van der Waals surface area (Å²) in [5.41, 5.74) is 1.27. The lowest BCUT2D eigenvalue weighted by molar-refractivity contribution is 0.261. The van der Waals surface area contributed by atoms with Gasteiger partial charge in [0.25, 0.3) is 0 Å². The third kappa shape index (κ3) is 3.63. The number of nitrogens with one attached hydrogen (secondary N) is 1. The fourth-order valence-electron chi connectivity index (χ4n) is 2.45. The monoisotopic (exact) mass is 285 g/mol. The first-order valence-corrected chi connectivity index (χ1v) is 7.64. The van der Waals surface area contributed by atoms with Crippen molar-refractivity contribution < 1.29 is 0 Å². The van der Waals surface area contributed by atoms with Crippen molar-refractivity contribution in [3.63, 3.8) is 0 Å². The average molecular weight is 286 g/mol. The van der Waals surface area contributed by atoms with Crippen LogP contribution in [0.15, 0.2) is 18.2 Å². The maximum atomic E-state index is 6.12. The summed E-state index contributed by atoms with van der Waals surface area (Å²) in [4.78, 5) is 0. The van der Waals surface area contributed by atoms with Crippen molar-refractivity contribution in [2.75, 3.05) is 6.54 Å². The molecule has 1 nitrogen and oxygen atoms in total. The largest absolute Gasteiger partial charge is 0.310 e. The molecular weight excluding hydrogens is 265 g/mol. The van der Waals surface area contributed by atoms with Crippen LogP contribution in [0.5, 0.6) is 0 Å². The summed E-state index contributed by atoms with van der Waals surface area (Å²) in [6, 6.07) is 6.43. The molecule has 0 spiro atoms. The van der Waals surface area contributed by atoms with E-state index in [1.54, 1.807) is 0 Å². The summed E-state index contributed by atoms with van der Waals surface area (Å²) in [6.45, 7) is 3.25. The predicted octanol–water partition coefficient (Wildman–Crippen LogP) is 5.22. The molecule has 0 amide bonds. The van der Waals surface area contributed by atoms with Gasteiger partial charge in [-0.15, -0.1) is 0 Å². The quantitative estimate of drug-likeness (QED) is 0.755. The van der Waals surface area contributed by atoms with Crippen LogP contribution in [-0.4, -0.2) is 6.54 Å². The van der Waals surface area contributed by atoms with Gasteiger partial charge in [-0.05, 0) is 43.0 Å². The van der Waals surface area contributed by atoms with Gasteiger partial charge in [-0.1, -0.05) is 55.5 Å². The SMILES string of the molecule is CCCNC(CC1CCC1)c1ccc(Cl)c(Cl)c1. The molecule has 2 rings (SSSR count). The van der Waals surface area contributed by atoms with Crippen LogP contribution in [0.4, 0.5) is 0 Å². The van der Waals surface area contributed by atoms with Crippen molar-refractivity contribution in [2.45, 2.75) is 45.1 Å². The minimum Gasteiger partial charge on any atom is -0.310 e. The third-order valence-electron chi connectivity index (χ3n) is 3.78. The van der Waals surface area contributed by atoms with Gasteiger partial charge in [0.05, 0.1) is 10.0 Å². The fraction of sp³-hybridized carbons (Fsp3) is 0.600. The van der Waals surface area contributed by atoms with E-state index >= 15 is 0 Å². The number of halogens is 2. The molecule has 1 aromatic carbocycles. The van der Waals surface area contributed by atoms with Crippen molar-refractivity contribution in [2.24, 2.45) is 5.92 Å². The lowest BCUT2D eigenvalue weighted by Gasteiger charge is -2.30. The highest BCUT2D eigenvalue weighted by Crippen LogP contribution is 2.36. The predicted molar refractivity (Wildman–Crippen MR) is 79.5 cm³/mol. The molecule has 1 aromatic rings. The van der Waals surface area contributed by atoms with Gasteiger partial charge < -0.3 is 5.32 Å². The van der Waals surface area contributed by atoms with E-state index < -0.39 is 0 Å². The minimum atomic E-state index is 0.421. The van der Waals surface area contributed by atoms with Crippen LogP contribution in [0.2, 0.25) is 10.0 Å². The second-order valence-corrected chi connectivity index (χ2v) is 6.03. The molecule has 0 radical (unpaired) electrons. The second kappa shape index (κ2) is 6.79. The molecule has 1 unspecified atom stereocenters. The van der Waals surface area contributed by atoms with Gasteiger partial charge >= 0.3 is 0 Å². The van der Waals surface area contributed by atoms with Crippen LogP contribution in [0.1, 0.15) is 50.6 Å². The van der Waals surface area contributed by atoms with Crippen LogP contribution in [-0.2, 0) is 0 Å². The van der Waals surface area contributed by atoms with E-state index in [1.807, 2.05) is 12.1 Å². The molecular formula is C15H21Cl2N. The molecule has 0 aromatic heterocycles. The van der Waals surface area contributed by atoms with Crippen molar-refractivity contribution >= 4 is 23.2 Å². The van der Waals surface area contributed by atoms with Gasteiger partial charge in [-0.3, -0.25) is 0 Å². The number of hydrogen-bond acceptors (Lipinski definition) is 1. The molecule has 1 N–H and O–H groups in total. The summed E-state index contributed by atoms with van der Waals surface area (Å²) < 4.78 is 0. The van der Waals surface area contributed by atoms with E-state index in [9.17, 15) is 0 Å². The molecule has 0 saturated heterocycles.